The standard InChI is InChI=1S/C25H28O8/c26-15-19-8-9-22(14-24(19)28)31-10-2-5-20(27)12-18-4-1-6-21(13-18)30-11-3-7-25(29)33-17-23-16-32-23/h1,4,6,8-9,13-15,23,28H,2-3,5,7,10-12,16-17H2. The van der Waals surface area contributed by atoms with Crippen molar-refractivity contribution in [1.29, 1.82) is 0 Å². The molecular weight excluding hydrogens is 428 g/mol. The van der Waals surface area contributed by atoms with Gasteiger partial charge in [-0.1, -0.05) is 12.1 Å². The van der Waals surface area contributed by atoms with Crippen molar-refractivity contribution in [2.24, 2.45) is 0 Å². The molecule has 176 valence electrons. The van der Waals surface area contributed by atoms with Gasteiger partial charge in [0.15, 0.2) is 6.29 Å². The van der Waals surface area contributed by atoms with E-state index in [4.69, 9.17) is 18.9 Å². The van der Waals surface area contributed by atoms with E-state index in [1.807, 2.05) is 24.3 Å². The Labute approximate surface area is 192 Å². The minimum absolute atomic E-state index is 0.0688. The number of aromatic hydroxyl groups is 1. The van der Waals surface area contributed by atoms with Crippen molar-refractivity contribution in [3.05, 3.63) is 53.6 Å². The largest absolute Gasteiger partial charge is 0.507 e. The third kappa shape index (κ3) is 8.94. The third-order valence-electron chi connectivity index (χ3n) is 4.92. The van der Waals surface area contributed by atoms with Crippen LogP contribution in [0.25, 0.3) is 0 Å². The summed E-state index contributed by atoms with van der Waals surface area (Å²) in [6, 6.07) is 11.8. The minimum atomic E-state index is -0.257. The van der Waals surface area contributed by atoms with E-state index in [1.165, 1.54) is 12.1 Å². The van der Waals surface area contributed by atoms with Crippen LogP contribution in [0.15, 0.2) is 42.5 Å². The van der Waals surface area contributed by atoms with E-state index in [0.717, 1.165) is 5.56 Å². The summed E-state index contributed by atoms with van der Waals surface area (Å²) in [7, 11) is 0. The number of phenols is 1. The Morgan fingerprint density at radius 1 is 1.03 bits per heavy atom. The third-order valence-corrected chi connectivity index (χ3v) is 4.92. The molecule has 2 aromatic carbocycles. The first-order valence-electron chi connectivity index (χ1n) is 10.9. The summed E-state index contributed by atoms with van der Waals surface area (Å²) >= 11 is 0. The van der Waals surface area contributed by atoms with Gasteiger partial charge in [-0.25, -0.2) is 0 Å². The zero-order chi connectivity index (χ0) is 23.5. The molecule has 1 aliphatic rings. The highest BCUT2D eigenvalue weighted by Crippen LogP contribution is 2.22. The summed E-state index contributed by atoms with van der Waals surface area (Å²) in [6.07, 6.45) is 2.66. The number of hydrogen-bond acceptors (Lipinski definition) is 8. The molecular formula is C25H28O8. The van der Waals surface area contributed by atoms with Crippen molar-refractivity contribution in [2.75, 3.05) is 26.4 Å². The molecule has 0 aliphatic carbocycles. The molecule has 0 amide bonds. The SMILES string of the molecule is O=Cc1ccc(OCCCC(=O)Cc2cccc(OCCCC(=O)OCC3CO3)c2)cc1O. The molecule has 1 fully saturated rings. The number of carbonyl (C=O) groups excluding carboxylic acids is 3. The number of epoxide rings is 1. The molecule has 1 unspecified atom stereocenters. The zero-order valence-corrected chi connectivity index (χ0v) is 18.4. The summed E-state index contributed by atoms with van der Waals surface area (Å²) in [6.45, 7) is 1.68. The monoisotopic (exact) mass is 456 g/mol. The zero-order valence-electron chi connectivity index (χ0n) is 18.4. The number of aldehydes is 1. The van der Waals surface area contributed by atoms with Gasteiger partial charge in [0, 0.05) is 25.3 Å². The van der Waals surface area contributed by atoms with Gasteiger partial charge >= 0.3 is 5.97 Å². The van der Waals surface area contributed by atoms with Crippen LogP contribution in [-0.2, 0) is 25.5 Å². The minimum Gasteiger partial charge on any atom is -0.507 e. The second-order valence-corrected chi connectivity index (χ2v) is 7.74. The van der Waals surface area contributed by atoms with Gasteiger partial charge in [0.1, 0.15) is 35.7 Å². The lowest BCUT2D eigenvalue weighted by atomic mass is 10.1. The van der Waals surface area contributed by atoms with E-state index in [2.05, 4.69) is 0 Å². The van der Waals surface area contributed by atoms with Gasteiger partial charge in [-0.3, -0.25) is 14.4 Å². The Bertz CT molecular complexity index is 951. The van der Waals surface area contributed by atoms with Crippen LogP contribution in [0.5, 0.6) is 17.2 Å². The number of phenolic OH excluding ortho intramolecular Hbond substituents is 1. The number of ketones is 1. The maximum absolute atomic E-state index is 12.3. The van der Waals surface area contributed by atoms with E-state index in [9.17, 15) is 19.5 Å². The van der Waals surface area contributed by atoms with Gasteiger partial charge in [0.05, 0.1) is 25.4 Å². The van der Waals surface area contributed by atoms with E-state index < -0.39 is 0 Å². The van der Waals surface area contributed by atoms with Gasteiger partial charge in [0.2, 0.25) is 0 Å². The van der Waals surface area contributed by atoms with Crippen molar-refractivity contribution in [2.45, 2.75) is 38.2 Å². The van der Waals surface area contributed by atoms with Crippen molar-refractivity contribution in [3.63, 3.8) is 0 Å². The molecule has 0 radical (unpaired) electrons. The number of carbonyl (C=O) groups is 3. The Morgan fingerprint density at radius 2 is 1.76 bits per heavy atom. The summed E-state index contributed by atoms with van der Waals surface area (Å²) in [4.78, 5) is 34.6. The predicted octanol–water partition coefficient (Wildman–Crippen LogP) is 3.28. The lowest BCUT2D eigenvalue weighted by Gasteiger charge is -2.09. The van der Waals surface area contributed by atoms with Crippen LogP contribution in [0.3, 0.4) is 0 Å². The van der Waals surface area contributed by atoms with Crippen molar-refractivity contribution >= 4 is 18.0 Å². The van der Waals surface area contributed by atoms with Crippen molar-refractivity contribution in [3.8, 4) is 17.2 Å². The summed E-state index contributed by atoms with van der Waals surface area (Å²) in [5.74, 6) is 0.788. The molecule has 1 aliphatic heterocycles. The van der Waals surface area contributed by atoms with E-state index >= 15 is 0 Å². The van der Waals surface area contributed by atoms with Gasteiger partial charge in [0.25, 0.3) is 0 Å². The Balaban J connectivity index is 1.30. The Morgan fingerprint density at radius 3 is 2.45 bits per heavy atom. The Hall–Kier alpha value is -3.39. The van der Waals surface area contributed by atoms with E-state index in [-0.39, 0.29) is 35.6 Å². The summed E-state index contributed by atoms with van der Waals surface area (Å²) in [5, 5.41) is 9.66. The number of rotatable bonds is 15. The fourth-order valence-corrected chi connectivity index (χ4v) is 3.06. The highest BCUT2D eigenvalue weighted by molar-refractivity contribution is 5.81. The molecule has 8 nitrogen and oxygen atoms in total. The fourth-order valence-electron chi connectivity index (χ4n) is 3.06. The lowest BCUT2D eigenvalue weighted by Crippen LogP contribution is -2.11. The first kappa shape index (κ1) is 24.3. The van der Waals surface area contributed by atoms with Crippen LogP contribution in [0.1, 0.15) is 41.6 Å². The second kappa shape index (κ2) is 12.6. The molecule has 0 aromatic heterocycles. The number of esters is 1. The molecule has 3 rings (SSSR count). The van der Waals surface area contributed by atoms with Crippen LogP contribution in [-0.4, -0.2) is 55.7 Å². The Kier molecular flexibility index (Phi) is 9.26. The van der Waals surface area contributed by atoms with E-state index in [0.29, 0.717) is 69.9 Å². The van der Waals surface area contributed by atoms with Crippen LogP contribution < -0.4 is 9.47 Å². The van der Waals surface area contributed by atoms with E-state index in [1.54, 1.807) is 6.07 Å². The average Bonchev–Trinajstić information content (AvgIpc) is 3.63. The van der Waals surface area contributed by atoms with Crippen LogP contribution in [0.4, 0.5) is 0 Å². The second-order valence-electron chi connectivity index (χ2n) is 7.74. The van der Waals surface area contributed by atoms with Gasteiger partial charge < -0.3 is 24.1 Å². The molecule has 8 heteroatoms. The molecule has 0 saturated carbocycles. The van der Waals surface area contributed by atoms with Crippen molar-refractivity contribution < 1.29 is 38.4 Å². The van der Waals surface area contributed by atoms with Gasteiger partial charge in [-0.05, 0) is 42.7 Å². The number of ether oxygens (including phenoxy) is 4. The molecule has 33 heavy (non-hydrogen) atoms. The first-order chi connectivity index (χ1) is 16.0. The lowest BCUT2D eigenvalue weighted by molar-refractivity contribution is -0.144. The smallest absolute Gasteiger partial charge is 0.306 e. The maximum Gasteiger partial charge on any atom is 0.306 e. The topological polar surface area (TPSA) is 112 Å². The van der Waals surface area contributed by atoms with Gasteiger partial charge in [-0.15, -0.1) is 0 Å². The number of Topliss-reactive ketones (excluding diaryl/α,β-unsaturated/α-hetero) is 1. The molecule has 1 heterocycles. The average molecular weight is 456 g/mol. The molecule has 1 saturated heterocycles. The maximum atomic E-state index is 12.3. The molecule has 1 N–H and O–H groups in total. The molecule has 0 bridgehead atoms. The first-order valence-corrected chi connectivity index (χ1v) is 10.9. The van der Waals surface area contributed by atoms with Crippen LogP contribution >= 0.6 is 0 Å². The quantitative estimate of drug-likeness (QED) is 0.188. The number of benzene rings is 2. The van der Waals surface area contributed by atoms with Crippen molar-refractivity contribution in [1.82, 2.24) is 0 Å². The molecule has 1 atom stereocenters. The number of hydrogen-bond donors (Lipinski definition) is 1. The highest BCUT2D eigenvalue weighted by Gasteiger charge is 2.24. The predicted molar refractivity (Wildman–Crippen MR) is 119 cm³/mol. The highest BCUT2D eigenvalue weighted by atomic mass is 16.6. The normalized spacial score (nSPS) is 14.4. The fraction of sp³-hybridized carbons (Fsp3) is 0.400. The summed E-state index contributed by atoms with van der Waals surface area (Å²) < 4.78 is 21.3. The van der Waals surface area contributed by atoms with Crippen LogP contribution in [0.2, 0.25) is 0 Å². The summed E-state index contributed by atoms with van der Waals surface area (Å²) in [5.41, 5.74) is 1.06. The molecule has 2 aromatic rings. The molecule has 0 spiro atoms. The van der Waals surface area contributed by atoms with Gasteiger partial charge in [-0.2, -0.15) is 0 Å². The van der Waals surface area contributed by atoms with Crippen LogP contribution in [0, 0.1) is 0 Å².